The summed E-state index contributed by atoms with van der Waals surface area (Å²) in [6.07, 6.45) is 0. The van der Waals surface area contributed by atoms with Crippen LogP contribution in [0.1, 0.15) is 66.5 Å². The Balaban J connectivity index is 1.81. The van der Waals surface area contributed by atoms with Crippen LogP contribution in [0.3, 0.4) is 0 Å². The number of hydrogen-bond acceptors (Lipinski definition) is 4. The van der Waals surface area contributed by atoms with Crippen LogP contribution in [0.25, 0.3) is 21.5 Å². The molecule has 0 unspecified atom stereocenters. The van der Waals surface area contributed by atoms with E-state index in [1.807, 2.05) is 0 Å². The summed E-state index contributed by atoms with van der Waals surface area (Å²) in [5, 5.41) is 4.35. The summed E-state index contributed by atoms with van der Waals surface area (Å²) in [6.45, 7) is 30.4. The van der Waals surface area contributed by atoms with E-state index in [1.165, 1.54) is 0 Å². The molecule has 230 valence electrons. The van der Waals surface area contributed by atoms with E-state index in [1.54, 1.807) is 0 Å². The van der Waals surface area contributed by atoms with Gasteiger partial charge in [-0.05, 0) is 87.9 Å². The van der Waals surface area contributed by atoms with Gasteiger partial charge in [0, 0.05) is 11.1 Å². The zero-order chi connectivity index (χ0) is 32.7. The number of benzene rings is 3. The summed E-state index contributed by atoms with van der Waals surface area (Å²) in [4.78, 5) is 0. The lowest BCUT2D eigenvalue weighted by Crippen LogP contribution is -2.41. The molecule has 2 saturated heterocycles. The van der Waals surface area contributed by atoms with Crippen LogP contribution in [0.4, 0.5) is 0 Å². The van der Waals surface area contributed by atoms with E-state index in [4.69, 9.17) is 18.6 Å². The molecule has 2 aliphatic rings. The molecule has 0 aromatic heterocycles. The topological polar surface area (TPSA) is 36.9 Å². The highest BCUT2D eigenvalue weighted by molar-refractivity contribution is 6.84. The molecule has 0 aliphatic carbocycles. The van der Waals surface area contributed by atoms with Gasteiger partial charge in [-0.1, -0.05) is 87.5 Å². The Bertz CT molecular complexity index is 1610. The molecule has 4 nitrogen and oxygen atoms in total. The van der Waals surface area contributed by atoms with Gasteiger partial charge in [-0.25, -0.2) is 0 Å². The molecule has 0 amide bonds. The van der Waals surface area contributed by atoms with Gasteiger partial charge in [-0.3, -0.25) is 0 Å². The van der Waals surface area contributed by atoms with Crippen LogP contribution in [-0.2, 0) is 18.6 Å². The van der Waals surface area contributed by atoms with E-state index in [0.29, 0.717) is 0 Å². The quantitative estimate of drug-likeness (QED) is 0.175. The molecule has 44 heavy (non-hydrogen) atoms. The zero-order valence-electron chi connectivity index (χ0n) is 29.3. The van der Waals surface area contributed by atoms with Crippen molar-refractivity contribution in [3.8, 4) is 22.9 Å². The monoisotopic (exact) mass is 622 g/mol. The normalized spacial score (nSPS) is 20.4. The summed E-state index contributed by atoms with van der Waals surface area (Å²) in [5.74, 6) is 7.33. The molecule has 5 rings (SSSR count). The minimum atomic E-state index is -1.68. The van der Waals surface area contributed by atoms with Crippen molar-refractivity contribution in [1.82, 2.24) is 0 Å². The van der Waals surface area contributed by atoms with Gasteiger partial charge in [0.1, 0.15) is 16.1 Å². The molecule has 2 aliphatic heterocycles. The van der Waals surface area contributed by atoms with E-state index in [9.17, 15) is 0 Å². The molecule has 0 radical (unpaired) electrons. The summed E-state index contributed by atoms with van der Waals surface area (Å²) in [6, 6.07) is 13.1. The third-order valence-electron chi connectivity index (χ3n) is 9.34. The highest BCUT2D eigenvalue weighted by atomic mass is 28.3. The van der Waals surface area contributed by atoms with Gasteiger partial charge in [0.15, 0.2) is 0 Å². The molecule has 0 bridgehead atoms. The van der Waals surface area contributed by atoms with Gasteiger partial charge in [-0.2, -0.15) is 0 Å². The Morgan fingerprint density at radius 2 is 0.773 bits per heavy atom. The number of fused-ring (bicyclic) bond motifs is 2. The minimum absolute atomic E-state index is 0.422. The van der Waals surface area contributed by atoms with Crippen molar-refractivity contribution in [3.05, 3.63) is 47.5 Å². The van der Waals surface area contributed by atoms with Crippen LogP contribution >= 0.6 is 0 Å². The Hall–Kier alpha value is -2.30. The summed E-state index contributed by atoms with van der Waals surface area (Å²) in [5.41, 5.74) is 9.64. The maximum Gasteiger partial charge on any atom is 0.494 e. The fourth-order valence-corrected chi connectivity index (χ4v) is 6.28. The van der Waals surface area contributed by atoms with Crippen LogP contribution in [0.5, 0.6) is 0 Å². The first-order chi connectivity index (χ1) is 20.0. The third-order valence-corrected chi connectivity index (χ3v) is 11.1. The van der Waals surface area contributed by atoms with Gasteiger partial charge >= 0.3 is 14.2 Å². The molecule has 0 atom stereocenters. The Morgan fingerprint density at radius 1 is 0.477 bits per heavy atom. The van der Waals surface area contributed by atoms with Crippen molar-refractivity contribution in [1.29, 1.82) is 0 Å². The first-order valence-electron chi connectivity index (χ1n) is 15.8. The first-order valence-corrected chi connectivity index (χ1v) is 22.8. The zero-order valence-corrected chi connectivity index (χ0v) is 31.3. The lowest BCUT2D eigenvalue weighted by Gasteiger charge is -2.32. The fraction of sp³-hybridized carbons (Fsp3) is 0.500. The smallest absolute Gasteiger partial charge is 0.399 e. The van der Waals surface area contributed by atoms with Crippen LogP contribution in [0.2, 0.25) is 39.3 Å². The number of rotatable bonds is 2. The largest absolute Gasteiger partial charge is 0.494 e. The first kappa shape index (κ1) is 33.1. The highest BCUT2D eigenvalue weighted by Gasteiger charge is 2.52. The van der Waals surface area contributed by atoms with Crippen LogP contribution < -0.4 is 10.9 Å². The third kappa shape index (κ3) is 6.23. The highest BCUT2D eigenvalue weighted by Crippen LogP contribution is 2.39. The van der Waals surface area contributed by atoms with E-state index in [0.717, 1.165) is 43.6 Å². The van der Waals surface area contributed by atoms with Crippen molar-refractivity contribution in [2.24, 2.45) is 0 Å². The molecule has 0 N–H and O–H groups in total. The average Bonchev–Trinajstić information content (AvgIpc) is 3.23. The van der Waals surface area contributed by atoms with Crippen molar-refractivity contribution < 1.29 is 18.6 Å². The van der Waals surface area contributed by atoms with E-state index >= 15 is 0 Å². The molecule has 0 spiro atoms. The molecule has 0 saturated carbocycles. The van der Waals surface area contributed by atoms with Crippen molar-refractivity contribution >= 4 is 62.9 Å². The van der Waals surface area contributed by atoms with Gasteiger partial charge in [0.2, 0.25) is 0 Å². The van der Waals surface area contributed by atoms with Gasteiger partial charge in [-0.15, -0.1) is 11.1 Å². The van der Waals surface area contributed by atoms with E-state index < -0.39 is 52.8 Å². The molecule has 3 aromatic rings. The molecule has 2 fully saturated rings. The molecular formula is C36H48B2O4Si2. The average molecular weight is 623 g/mol. The Labute approximate surface area is 268 Å². The summed E-state index contributed by atoms with van der Waals surface area (Å²) >= 11 is 0. The molecule has 2 heterocycles. The van der Waals surface area contributed by atoms with Crippen LogP contribution in [-0.4, -0.2) is 52.8 Å². The maximum absolute atomic E-state index is 6.47. The minimum Gasteiger partial charge on any atom is -0.399 e. The fourth-order valence-electron chi connectivity index (χ4n) is 5.28. The van der Waals surface area contributed by atoms with Crippen LogP contribution in [0.15, 0.2) is 36.4 Å². The van der Waals surface area contributed by atoms with E-state index in [-0.39, 0.29) is 0 Å². The second kappa shape index (κ2) is 10.6. The van der Waals surface area contributed by atoms with Crippen LogP contribution in [0, 0.1) is 22.9 Å². The van der Waals surface area contributed by atoms with Crippen molar-refractivity contribution in [2.75, 3.05) is 0 Å². The molecule has 3 aromatic carbocycles. The Morgan fingerprint density at radius 3 is 1.05 bits per heavy atom. The predicted octanol–water partition coefficient (Wildman–Crippen LogP) is 7.05. The lowest BCUT2D eigenvalue weighted by molar-refractivity contribution is 0.00578. The molecular weight excluding hydrogens is 574 g/mol. The van der Waals surface area contributed by atoms with E-state index in [2.05, 4.69) is 154 Å². The van der Waals surface area contributed by atoms with Gasteiger partial charge < -0.3 is 18.6 Å². The van der Waals surface area contributed by atoms with Crippen molar-refractivity contribution in [2.45, 2.75) is 117 Å². The van der Waals surface area contributed by atoms with Gasteiger partial charge in [0.25, 0.3) is 0 Å². The maximum atomic E-state index is 6.47. The summed E-state index contributed by atoms with van der Waals surface area (Å²) < 4.78 is 25.9. The standard InChI is InChI=1S/C36H48B2O4Si2/c1-33(2)34(3,4)40-37(39-33)25-15-17-27-30(20-22-44(12,13)14)32-24-26(38-41-35(5,6)36(7,8)42-38)16-18-28(32)29(31(27)23-25)19-21-43(9,10)11/h15-18,23-24H,1-14H3. The number of hydrogen-bond donors (Lipinski definition) is 0. The lowest BCUT2D eigenvalue weighted by atomic mass is 9.75. The second-order valence-corrected chi connectivity index (χ2v) is 26.0. The molecule has 8 heteroatoms. The van der Waals surface area contributed by atoms with Crippen molar-refractivity contribution in [3.63, 3.8) is 0 Å². The second-order valence-electron chi connectivity index (χ2n) is 16.5. The predicted molar refractivity (Wildman–Crippen MR) is 193 cm³/mol. The Kier molecular flexibility index (Phi) is 7.99. The SMILES string of the molecule is CC1(C)OB(c2ccc3c(C#C[Si](C)(C)C)c4cc(B5OC(C)(C)C(C)(C)O5)ccc4c(C#C[Si](C)(C)C)c3c2)OC1(C)C. The summed E-state index contributed by atoms with van der Waals surface area (Å²) in [7, 11) is -4.28. The van der Waals surface area contributed by atoms with Gasteiger partial charge in [0.05, 0.1) is 22.4 Å².